The highest BCUT2D eigenvalue weighted by Crippen LogP contribution is 2.32. The van der Waals surface area contributed by atoms with E-state index in [1.54, 1.807) is 0 Å². The van der Waals surface area contributed by atoms with Crippen LogP contribution in [0, 0.1) is 12.3 Å². The van der Waals surface area contributed by atoms with Crippen LogP contribution in [0.5, 0.6) is 0 Å². The number of piperidine rings is 1. The summed E-state index contributed by atoms with van der Waals surface area (Å²) in [5.74, 6) is 0.573. The number of hydrogen-bond donors (Lipinski definition) is 2. The molecule has 2 heterocycles. The molecule has 5 heteroatoms. The molecule has 1 atom stereocenters. The van der Waals surface area contributed by atoms with E-state index < -0.39 is 0 Å². The average Bonchev–Trinajstić information content (AvgIpc) is 2.96. The first kappa shape index (κ1) is 16.0. The normalized spacial score (nSPS) is 19.8. The van der Waals surface area contributed by atoms with E-state index in [2.05, 4.69) is 30.1 Å². The number of amides is 1. The maximum atomic E-state index is 12.9. The van der Waals surface area contributed by atoms with Crippen molar-refractivity contribution >= 4 is 5.91 Å². The van der Waals surface area contributed by atoms with E-state index in [1.807, 2.05) is 11.8 Å². The Kier molecular flexibility index (Phi) is 5.04. The average molecular weight is 292 g/mol. The van der Waals surface area contributed by atoms with Gasteiger partial charge in [0.05, 0.1) is 11.1 Å². The molecule has 1 aromatic rings. The van der Waals surface area contributed by atoms with Crippen molar-refractivity contribution in [3.8, 4) is 0 Å². The van der Waals surface area contributed by atoms with Crippen molar-refractivity contribution < 1.29 is 4.79 Å². The number of nitrogens with two attached hydrogens (primary N) is 1. The van der Waals surface area contributed by atoms with Gasteiger partial charge in [-0.25, -0.2) is 0 Å². The zero-order chi connectivity index (χ0) is 15.5. The first-order valence-electron chi connectivity index (χ1n) is 8.07. The van der Waals surface area contributed by atoms with Gasteiger partial charge < -0.3 is 10.6 Å². The second-order valence-corrected chi connectivity index (χ2v) is 6.26. The maximum Gasteiger partial charge on any atom is 0.230 e. The van der Waals surface area contributed by atoms with E-state index in [-0.39, 0.29) is 11.3 Å². The number of nitrogens with zero attached hydrogens (tertiary/aromatic N) is 2. The fourth-order valence-electron chi connectivity index (χ4n) is 3.32. The smallest absolute Gasteiger partial charge is 0.230 e. The summed E-state index contributed by atoms with van der Waals surface area (Å²) < 4.78 is 0. The molecule has 0 aliphatic carbocycles. The first-order valence-corrected chi connectivity index (χ1v) is 8.07. The summed E-state index contributed by atoms with van der Waals surface area (Å²) in [4.78, 5) is 14.9. The van der Waals surface area contributed by atoms with Crippen LogP contribution in [0.15, 0.2) is 6.07 Å². The Hall–Kier alpha value is -1.36. The van der Waals surface area contributed by atoms with Gasteiger partial charge in [0, 0.05) is 31.2 Å². The predicted octanol–water partition coefficient (Wildman–Crippen LogP) is 2.19. The highest BCUT2D eigenvalue weighted by molar-refractivity contribution is 5.83. The van der Waals surface area contributed by atoms with E-state index in [1.165, 1.54) is 0 Å². The number of aromatic amines is 1. The van der Waals surface area contributed by atoms with Crippen molar-refractivity contribution in [3.05, 3.63) is 17.5 Å². The van der Waals surface area contributed by atoms with Gasteiger partial charge in [-0.2, -0.15) is 5.10 Å². The minimum Gasteiger partial charge on any atom is -0.342 e. The number of nitrogens with one attached hydrogen (secondary N) is 1. The highest BCUT2D eigenvalue weighted by atomic mass is 16.2. The van der Waals surface area contributed by atoms with Crippen LogP contribution in [0.3, 0.4) is 0 Å². The topological polar surface area (TPSA) is 75.0 Å². The van der Waals surface area contributed by atoms with Crippen LogP contribution in [0.4, 0.5) is 0 Å². The maximum absolute atomic E-state index is 12.9. The van der Waals surface area contributed by atoms with Crippen molar-refractivity contribution in [2.24, 2.45) is 11.1 Å². The summed E-state index contributed by atoms with van der Waals surface area (Å²) >= 11 is 0. The number of rotatable bonds is 5. The highest BCUT2D eigenvalue weighted by Gasteiger charge is 2.38. The molecule has 5 nitrogen and oxygen atoms in total. The quantitative estimate of drug-likeness (QED) is 0.873. The summed E-state index contributed by atoms with van der Waals surface area (Å²) in [5.41, 5.74) is 7.69. The van der Waals surface area contributed by atoms with Crippen molar-refractivity contribution in [3.63, 3.8) is 0 Å². The Morgan fingerprint density at radius 3 is 2.76 bits per heavy atom. The molecule has 0 radical (unpaired) electrons. The minimum atomic E-state index is -0.386. The van der Waals surface area contributed by atoms with E-state index in [0.717, 1.165) is 50.2 Å². The molecule has 0 aromatic carbocycles. The third-order valence-corrected chi connectivity index (χ3v) is 5.05. The van der Waals surface area contributed by atoms with E-state index in [9.17, 15) is 4.79 Å². The summed E-state index contributed by atoms with van der Waals surface area (Å²) in [7, 11) is 0. The number of H-pyrrole nitrogens is 1. The van der Waals surface area contributed by atoms with Crippen LogP contribution in [0.25, 0.3) is 0 Å². The first-order chi connectivity index (χ1) is 10.1. The number of likely N-dealkylation sites (tertiary alicyclic amines) is 1. The molecular weight excluding hydrogens is 264 g/mol. The Labute approximate surface area is 127 Å². The van der Waals surface area contributed by atoms with Crippen LogP contribution in [0.1, 0.15) is 56.8 Å². The molecule has 1 saturated heterocycles. The summed E-state index contributed by atoms with van der Waals surface area (Å²) in [6.45, 7) is 8.18. The summed E-state index contributed by atoms with van der Waals surface area (Å²) in [6.07, 6.45) is 3.75. The standard InChI is InChI=1S/C16H28N4O/c1-4-16(5-2,11-17)15(21)20-8-6-7-13(10-20)14-9-12(3)18-19-14/h9,13H,4-8,10-11,17H2,1-3H3,(H,18,19). The van der Waals surface area contributed by atoms with E-state index >= 15 is 0 Å². The largest absolute Gasteiger partial charge is 0.342 e. The molecule has 1 aromatic heterocycles. The lowest BCUT2D eigenvalue weighted by Gasteiger charge is -2.39. The molecule has 0 spiro atoms. The number of aryl methyl sites for hydroxylation is 1. The van der Waals surface area contributed by atoms with Gasteiger partial charge in [0.25, 0.3) is 0 Å². The Bertz CT molecular complexity index is 470. The molecule has 1 unspecified atom stereocenters. The Balaban J connectivity index is 2.11. The van der Waals surface area contributed by atoms with Gasteiger partial charge in [0.2, 0.25) is 5.91 Å². The second-order valence-electron chi connectivity index (χ2n) is 6.26. The van der Waals surface area contributed by atoms with Crippen LogP contribution >= 0.6 is 0 Å². The number of carbonyl (C=O) groups is 1. The molecule has 0 bridgehead atoms. The van der Waals surface area contributed by atoms with Gasteiger partial charge in [-0.15, -0.1) is 0 Å². The van der Waals surface area contributed by atoms with Crippen molar-refractivity contribution in [2.75, 3.05) is 19.6 Å². The molecule has 3 N–H and O–H groups in total. The third-order valence-electron chi connectivity index (χ3n) is 5.05. The van der Waals surface area contributed by atoms with Crippen LogP contribution < -0.4 is 5.73 Å². The van der Waals surface area contributed by atoms with Gasteiger partial charge in [-0.05, 0) is 38.7 Å². The lowest BCUT2D eigenvalue weighted by atomic mass is 9.80. The molecular formula is C16H28N4O. The lowest BCUT2D eigenvalue weighted by molar-refractivity contribution is -0.143. The predicted molar refractivity (Wildman–Crippen MR) is 83.9 cm³/mol. The zero-order valence-corrected chi connectivity index (χ0v) is 13.5. The van der Waals surface area contributed by atoms with Crippen LogP contribution in [0.2, 0.25) is 0 Å². The molecule has 1 aliphatic rings. The van der Waals surface area contributed by atoms with Gasteiger partial charge in [0.1, 0.15) is 0 Å². The molecule has 1 amide bonds. The fourth-order valence-corrected chi connectivity index (χ4v) is 3.32. The molecule has 1 fully saturated rings. The monoisotopic (exact) mass is 292 g/mol. The summed E-state index contributed by atoms with van der Waals surface area (Å²) in [6, 6.07) is 2.09. The molecule has 118 valence electrons. The van der Waals surface area contributed by atoms with Crippen LogP contribution in [-0.4, -0.2) is 40.6 Å². The summed E-state index contributed by atoms with van der Waals surface area (Å²) in [5, 5.41) is 7.37. The Morgan fingerprint density at radius 2 is 2.24 bits per heavy atom. The number of aromatic nitrogens is 2. The van der Waals surface area contributed by atoms with Crippen molar-refractivity contribution in [2.45, 2.75) is 52.4 Å². The van der Waals surface area contributed by atoms with E-state index in [4.69, 9.17) is 5.73 Å². The third kappa shape index (κ3) is 3.12. The van der Waals surface area contributed by atoms with Gasteiger partial charge in [-0.3, -0.25) is 9.89 Å². The molecule has 1 aliphatic heterocycles. The van der Waals surface area contributed by atoms with Gasteiger partial charge in [0.15, 0.2) is 0 Å². The molecule has 2 rings (SSSR count). The Morgan fingerprint density at radius 1 is 1.52 bits per heavy atom. The lowest BCUT2D eigenvalue weighted by Crippen LogP contribution is -2.50. The van der Waals surface area contributed by atoms with Crippen LogP contribution in [-0.2, 0) is 4.79 Å². The number of hydrogen-bond acceptors (Lipinski definition) is 3. The molecule has 0 saturated carbocycles. The zero-order valence-electron chi connectivity index (χ0n) is 13.5. The minimum absolute atomic E-state index is 0.229. The van der Waals surface area contributed by atoms with Gasteiger partial charge in [-0.1, -0.05) is 13.8 Å². The molecule has 21 heavy (non-hydrogen) atoms. The van der Waals surface area contributed by atoms with Crippen molar-refractivity contribution in [1.29, 1.82) is 0 Å². The van der Waals surface area contributed by atoms with Gasteiger partial charge >= 0.3 is 0 Å². The van der Waals surface area contributed by atoms with E-state index in [0.29, 0.717) is 12.5 Å². The SMILES string of the molecule is CCC(CC)(CN)C(=O)N1CCCC(c2cc(C)[nH]n2)C1. The second kappa shape index (κ2) is 6.60. The fraction of sp³-hybridized carbons (Fsp3) is 0.750. The van der Waals surface area contributed by atoms with Crippen molar-refractivity contribution in [1.82, 2.24) is 15.1 Å². The number of carbonyl (C=O) groups excluding carboxylic acids is 1.